The molecule has 0 spiro atoms. The summed E-state index contributed by atoms with van der Waals surface area (Å²) in [5.41, 5.74) is 0.936. The monoisotopic (exact) mass is 269 g/mol. The first kappa shape index (κ1) is 14.0. The molecular formula is C10H11N3O4S. The van der Waals surface area contributed by atoms with E-state index in [2.05, 4.69) is 10.6 Å². The second-order valence-corrected chi connectivity index (χ2v) is 4.93. The van der Waals surface area contributed by atoms with Crippen LogP contribution in [-0.4, -0.2) is 31.3 Å². The normalized spacial score (nSPS) is 10.4. The number of nitriles is 1. The Morgan fingerprint density at radius 2 is 1.94 bits per heavy atom. The van der Waals surface area contributed by atoms with Gasteiger partial charge in [-0.3, -0.25) is 4.55 Å². The Labute approximate surface area is 104 Å². The zero-order valence-corrected chi connectivity index (χ0v) is 10.1. The van der Waals surface area contributed by atoms with Gasteiger partial charge in [-0.1, -0.05) is 0 Å². The summed E-state index contributed by atoms with van der Waals surface area (Å²) >= 11 is 0. The summed E-state index contributed by atoms with van der Waals surface area (Å²) in [5.74, 6) is -0.548. The van der Waals surface area contributed by atoms with Crippen LogP contribution in [0, 0.1) is 11.3 Å². The van der Waals surface area contributed by atoms with Gasteiger partial charge in [0.1, 0.15) is 0 Å². The highest BCUT2D eigenvalue weighted by molar-refractivity contribution is 7.85. The minimum Gasteiger partial charge on any atom is -0.337 e. The molecule has 0 fully saturated rings. The molecule has 0 bridgehead atoms. The number of amides is 2. The zero-order chi connectivity index (χ0) is 13.6. The van der Waals surface area contributed by atoms with Crippen LogP contribution < -0.4 is 10.6 Å². The Hall–Kier alpha value is -2.11. The highest BCUT2D eigenvalue weighted by Gasteiger charge is 2.06. The lowest BCUT2D eigenvalue weighted by Crippen LogP contribution is -2.32. The van der Waals surface area contributed by atoms with Crippen LogP contribution in [0.2, 0.25) is 0 Å². The summed E-state index contributed by atoms with van der Waals surface area (Å²) in [6, 6.07) is 7.50. The van der Waals surface area contributed by atoms with E-state index in [9.17, 15) is 13.2 Å². The first-order valence-corrected chi connectivity index (χ1v) is 6.52. The van der Waals surface area contributed by atoms with Gasteiger partial charge in [0.05, 0.1) is 17.4 Å². The summed E-state index contributed by atoms with van der Waals surface area (Å²) in [5, 5.41) is 13.3. The Balaban J connectivity index is 2.42. The van der Waals surface area contributed by atoms with Gasteiger partial charge in [-0.25, -0.2) is 4.79 Å². The van der Waals surface area contributed by atoms with E-state index in [0.29, 0.717) is 11.3 Å². The number of anilines is 1. The van der Waals surface area contributed by atoms with E-state index in [-0.39, 0.29) is 6.54 Å². The largest absolute Gasteiger partial charge is 0.337 e. The topological polar surface area (TPSA) is 119 Å². The summed E-state index contributed by atoms with van der Waals surface area (Å²) in [6.07, 6.45) is 0. The number of rotatable bonds is 4. The number of hydrogen-bond acceptors (Lipinski definition) is 4. The zero-order valence-electron chi connectivity index (χ0n) is 9.25. The van der Waals surface area contributed by atoms with Crippen LogP contribution in [0.3, 0.4) is 0 Å². The van der Waals surface area contributed by atoms with Crippen LogP contribution >= 0.6 is 0 Å². The van der Waals surface area contributed by atoms with Crippen molar-refractivity contribution in [1.82, 2.24) is 5.32 Å². The minimum atomic E-state index is -4.08. The second-order valence-electron chi connectivity index (χ2n) is 3.36. The van der Waals surface area contributed by atoms with Gasteiger partial charge in [0.25, 0.3) is 10.1 Å². The molecule has 18 heavy (non-hydrogen) atoms. The predicted molar refractivity (Wildman–Crippen MR) is 64.6 cm³/mol. The highest BCUT2D eigenvalue weighted by Crippen LogP contribution is 2.08. The van der Waals surface area contributed by atoms with Crippen LogP contribution in [0.1, 0.15) is 5.56 Å². The molecule has 0 saturated carbocycles. The van der Waals surface area contributed by atoms with Crippen molar-refractivity contribution in [1.29, 1.82) is 5.26 Å². The Kier molecular flexibility index (Phi) is 4.65. The summed E-state index contributed by atoms with van der Waals surface area (Å²) in [6.45, 7) is -0.194. The van der Waals surface area contributed by atoms with Crippen molar-refractivity contribution < 1.29 is 17.8 Å². The van der Waals surface area contributed by atoms with E-state index in [1.165, 1.54) is 12.1 Å². The molecule has 8 heteroatoms. The van der Waals surface area contributed by atoms with Crippen molar-refractivity contribution in [3.05, 3.63) is 29.8 Å². The molecule has 0 unspecified atom stereocenters. The number of nitrogens with one attached hydrogen (secondary N) is 2. The number of hydrogen-bond donors (Lipinski definition) is 3. The van der Waals surface area contributed by atoms with Crippen molar-refractivity contribution in [2.75, 3.05) is 17.6 Å². The molecule has 0 aliphatic carbocycles. The summed E-state index contributed by atoms with van der Waals surface area (Å²) in [4.78, 5) is 11.3. The smallest absolute Gasteiger partial charge is 0.319 e. The number of urea groups is 1. The average molecular weight is 269 g/mol. The molecule has 0 aliphatic heterocycles. The van der Waals surface area contributed by atoms with Crippen molar-refractivity contribution in [3.63, 3.8) is 0 Å². The predicted octanol–water partition coefficient (Wildman–Crippen LogP) is 0.568. The third-order valence-electron chi connectivity index (χ3n) is 1.92. The van der Waals surface area contributed by atoms with Crippen molar-refractivity contribution in [2.24, 2.45) is 0 Å². The lowest BCUT2D eigenvalue weighted by Gasteiger charge is -2.06. The Bertz CT molecular complexity index is 560. The fraction of sp³-hybridized carbons (Fsp3) is 0.200. The van der Waals surface area contributed by atoms with Crippen LogP contribution in [0.15, 0.2) is 24.3 Å². The van der Waals surface area contributed by atoms with Gasteiger partial charge < -0.3 is 10.6 Å². The molecule has 0 heterocycles. The van der Waals surface area contributed by atoms with E-state index in [0.717, 1.165) is 0 Å². The van der Waals surface area contributed by atoms with E-state index in [4.69, 9.17) is 9.81 Å². The lowest BCUT2D eigenvalue weighted by molar-refractivity contribution is 0.252. The van der Waals surface area contributed by atoms with Gasteiger partial charge in [-0.05, 0) is 24.3 Å². The third kappa shape index (κ3) is 5.29. The number of benzene rings is 1. The molecule has 0 atom stereocenters. The molecule has 2 amide bonds. The van der Waals surface area contributed by atoms with Crippen molar-refractivity contribution in [2.45, 2.75) is 0 Å². The molecule has 96 valence electrons. The van der Waals surface area contributed by atoms with E-state index >= 15 is 0 Å². The van der Waals surface area contributed by atoms with Gasteiger partial charge in [-0.2, -0.15) is 13.7 Å². The van der Waals surface area contributed by atoms with Crippen LogP contribution in [-0.2, 0) is 10.1 Å². The fourth-order valence-corrected chi connectivity index (χ4v) is 1.46. The first-order valence-electron chi connectivity index (χ1n) is 4.91. The summed E-state index contributed by atoms with van der Waals surface area (Å²) in [7, 11) is -4.08. The van der Waals surface area contributed by atoms with Gasteiger partial charge in [0.15, 0.2) is 0 Å². The van der Waals surface area contributed by atoms with Crippen molar-refractivity contribution >= 4 is 21.8 Å². The van der Waals surface area contributed by atoms with Crippen LogP contribution in [0.5, 0.6) is 0 Å². The fourth-order valence-electron chi connectivity index (χ4n) is 1.10. The number of nitrogens with zero attached hydrogens (tertiary/aromatic N) is 1. The first-order chi connectivity index (χ1) is 8.40. The molecule has 0 aliphatic rings. The average Bonchev–Trinajstić information content (AvgIpc) is 2.28. The number of carbonyl (C=O) groups excluding carboxylic acids is 1. The summed E-state index contributed by atoms with van der Waals surface area (Å²) < 4.78 is 29.2. The van der Waals surface area contributed by atoms with Gasteiger partial charge in [0.2, 0.25) is 0 Å². The van der Waals surface area contributed by atoms with Crippen LogP contribution in [0.25, 0.3) is 0 Å². The molecule has 0 saturated heterocycles. The second kappa shape index (κ2) is 6.00. The van der Waals surface area contributed by atoms with Gasteiger partial charge in [-0.15, -0.1) is 0 Å². The quantitative estimate of drug-likeness (QED) is 0.690. The third-order valence-corrected chi connectivity index (χ3v) is 2.64. The molecular weight excluding hydrogens is 258 g/mol. The van der Waals surface area contributed by atoms with E-state index in [1.807, 2.05) is 6.07 Å². The van der Waals surface area contributed by atoms with Gasteiger partial charge in [0, 0.05) is 12.2 Å². The molecule has 1 aromatic carbocycles. The molecule has 0 radical (unpaired) electrons. The Morgan fingerprint density at radius 1 is 1.33 bits per heavy atom. The molecule has 1 rings (SSSR count). The Morgan fingerprint density at radius 3 is 2.44 bits per heavy atom. The van der Waals surface area contributed by atoms with Crippen molar-refractivity contribution in [3.8, 4) is 6.07 Å². The molecule has 7 nitrogen and oxygen atoms in total. The maximum absolute atomic E-state index is 11.3. The molecule has 0 aromatic heterocycles. The number of carbonyl (C=O) groups is 1. The molecule has 3 N–H and O–H groups in total. The maximum atomic E-state index is 11.3. The SMILES string of the molecule is N#Cc1ccc(NC(=O)NCCS(=O)(=O)O)cc1. The van der Waals surface area contributed by atoms with Crippen LogP contribution in [0.4, 0.5) is 10.5 Å². The maximum Gasteiger partial charge on any atom is 0.319 e. The van der Waals surface area contributed by atoms with Gasteiger partial charge >= 0.3 is 6.03 Å². The molecule has 1 aromatic rings. The lowest BCUT2D eigenvalue weighted by atomic mass is 10.2. The minimum absolute atomic E-state index is 0.194. The highest BCUT2D eigenvalue weighted by atomic mass is 32.2. The van der Waals surface area contributed by atoms with E-state index in [1.54, 1.807) is 12.1 Å². The standard InChI is InChI=1S/C10H11N3O4S/c11-7-8-1-3-9(4-2-8)13-10(14)12-5-6-18(15,16)17/h1-4H,5-6H2,(H2,12,13,14)(H,15,16,17). The van der Waals surface area contributed by atoms with E-state index < -0.39 is 21.9 Å².